The number of ether oxygens (including phenoxy) is 1. The van der Waals surface area contributed by atoms with E-state index in [9.17, 15) is 14.0 Å². The van der Waals surface area contributed by atoms with E-state index in [1.807, 2.05) is 13.8 Å². The Kier molecular flexibility index (Phi) is 4.51. The molecule has 2 aromatic heterocycles. The molecule has 0 unspecified atom stereocenters. The largest absolute Gasteiger partial charge is 0.459 e. The second kappa shape index (κ2) is 6.04. The summed E-state index contributed by atoms with van der Waals surface area (Å²) >= 11 is 5.69. The van der Waals surface area contributed by atoms with Gasteiger partial charge in [0.25, 0.3) is 0 Å². The molecule has 0 aliphatic rings. The molecule has 2 heterocycles. The Morgan fingerprint density at radius 2 is 2.00 bits per heavy atom. The number of carbonyl (C=O) groups is 1. The number of esters is 1. The maximum atomic E-state index is 13.6. The predicted octanol–water partition coefficient (Wildman–Crippen LogP) is 3.34. The average molecular weight is 327 g/mol. The van der Waals surface area contributed by atoms with Crippen LogP contribution in [0.15, 0.2) is 17.1 Å². The van der Waals surface area contributed by atoms with Crippen molar-refractivity contribution in [2.75, 3.05) is 0 Å². The van der Waals surface area contributed by atoms with E-state index in [-0.39, 0.29) is 33.9 Å². The molecule has 0 bridgehead atoms. The molecule has 0 aliphatic heterocycles. The Balaban J connectivity index is 2.80. The summed E-state index contributed by atoms with van der Waals surface area (Å²) in [6.07, 6.45) is 1.01. The van der Waals surface area contributed by atoms with Gasteiger partial charge in [-0.3, -0.25) is 4.79 Å². The van der Waals surface area contributed by atoms with Crippen molar-refractivity contribution in [2.45, 2.75) is 39.8 Å². The number of hydrogen-bond acceptors (Lipinski definition) is 4. The minimum absolute atomic E-state index is 0.00574. The number of halogens is 2. The summed E-state index contributed by atoms with van der Waals surface area (Å²) in [6, 6.07) is 0.889. The van der Waals surface area contributed by atoms with Crippen LogP contribution in [-0.2, 0) is 4.74 Å². The van der Waals surface area contributed by atoms with Crippen LogP contribution in [0.2, 0.25) is 5.15 Å². The summed E-state index contributed by atoms with van der Waals surface area (Å²) in [5.41, 5.74) is -0.550. The molecule has 0 saturated carbocycles. The van der Waals surface area contributed by atoms with Gasteiger partial charge < -0.3 is 9.30 Å². The van der Waals surface area contributed by atoms with Crippen molar-refractivity contribution in [1.82, 2.24) is 9.55 Å². The lowest BCUT2D eigenvalue weighted by Crippen LogP contribution is -2.24. The molecule has 0 N–H and O–H groups in total. The molecule has 0 saturated heterocycles. The maximum Gasteiger partial charge on any atom is 0.343 e. The highest BCUT2D eigenvalue weighted by molar-refractivity contribution is 6.29. The molecule has 5 nitrogen and oxygen atoms in total. The Morgan fingerprint density at radius 1 is 1.36 bits per heavy atom. The summed E-state index contributed by atoms with van der Waals surface area (Å²) in [5, 5.41) is -0.326. The first kappa shape index (κ1) is 16.4. The molecule has 0 aromatic carbocycles. The fourth-order valence-electron chi connectivity index (χ4n) is 2.04. The van der Waals surface area contributed by atoms with E-state index in [1.54, 1.807) is 18.4 Å². The van der Waals surface area contributed by atoms with Crippen molar-refractivity contribution >= 4 is 28.6 Å². The van der Waals surface area contributed by atoms with Crippen LogP contribution in [0.5, 0.6) is 0 Å². The fourth-order valence-corrected chi connectivity index (χ4v) is 2.18. The number of fused-ring (bicyclic) bond motifs is 1. The minimum Gasteiger partial charge on any atom is -0.459 e. The van der Waals surface area contributed by atoms with Gasteiger partial charge in [0.05, 0.1) is 11.5 Å². The molecule has 0 spiro atoms. The number of carbonyl (C=O) groups excluding carboxylic acids is 1. The first-order chi connectivity index (χ1) is 10.2. The standard InChI is InChI=1S/C15H16ClFN2O3/c1-7(2)19-6-10(15(21)22-8(3)4)12(20)9-5-11(17)13(16)18-14(9)19/h5-8H,1-4H3. The molecule has 0 atom stereocenters. The van der Waals surface area contributed by atoms with Crippen LogP contribution >= 0.6 is 11.6 Å². The lowest BCUT2D eigenvalue weighted by atomic mass is 10.1. The van der Waals surface area contributed by atoms with Crippen LogP contribution < -0.4 is 5.43 Å². The van der Waals surface area contributed by atoms with Crippen LogP contribution in [-0.4, -0.2) is 21.6 Å². The monoisotopic (exact) mass is 326 g/mol. The van der Waals surface area contributed by atoms with E-state index in [0.29, 0.717) is 0 Å². The van der Waals surface area contributed by atoms with Crippen molar-refractivity contribution in [3.8, 4) is 0 Å². The van der Waals surface area contributed by atoms with Crippen molar-refractivity contribution in [3.63, 3.8) is 0 Å². The van der Waals surface area contributed by atoms with E-state index >= 15 is 0 Å². The van der Waals surface area contributed by atoms with Crippen LogP contribution in [0.25, 0.3) is 11.0 Å². The number of nitrogens with zero attached hydrogens (tertiary/aromatic N) is 2. The molecule has 2 aromatic rings. The minimum atomic E-state index is -0.809. The molecule has 118 valence electrons. The SMILES string of the molecule is CC(C)OC(=O)c1cn(C(C)C)c2nc(Cl)c(F)cc2c1=O. The van der Waals surface area contributed by atoms with Crippen LogP contribution in [0.1, 0.15) is 44.1 Å². The zero-order chi connectivity index (χ0) is 16.6. The number of hydrogen-bond donors (Lipinski definition) is 0. The molecule has 0 fully saturated rings. The van der Waals surface area contributed by atoms with Gasteiger partial charge in [-0.1, -0.05) is 11.6 Å². The van der Waals surface area contributed by atoms with Crippen molar-refractivity contribution in [2.24, 2.45) is 0 Å². The van der Waals surface area contributed by atoms with Gasteiger partial charge in [-0.2, -0.15) is 0 Å². The molecule has 2 rings (SSSR count). The molecule has 0 aliphatic carbocycles. The van der Waals surface area contributed by atoms with Gasteiger partial charge in [0, 0.05) is 12.2 Å². The van der Waals surface area contributed by atoms with Crippen molar-refractivity contribution < 1.29 is 13.9 Å². The van der Waals surface area contributed by atoms with Crippen LogP contribution in [0, 0.1) is 5.82 Å². The number of pyridine rings is 2. The molecule has 0 radical (unpaired) electrons. The summed E-state index contributed by atoms with van der Waals surface area (Å²) < 4.78 is 20.3. The van der Waals surface area contributed by atoms with Gasteiger partial charge >= 0.3 is 5.97 Å². The lowest BCUT2D eigenvalue weighted by molar-refractivity contribution is 0.0375. The van der Waals surface area contributed by atoms with Gasteiger partial charge in [0.15, 0.2) is 11.0 Å². The van der Waals surface area contributed by atoms with E-state index in [4.69, 9.17) is 16.3 Å². The fraction of sp³-hybridized carbons (Fsp3) is 0.400. The Labute approximate surface area is 131 Å². The highest BCUT2D eigenvalue weighted by Crippen LogP contribution is 2.20. The van der Waals surface area contributed by atoms with E-state index in [1.165, 1.54) is 6.20 Å². The third kappa shape index (κ3) is 2.97. The Morgan fingerprint density at radius 3 is 2.55 bits per heavy atom. The van der Waals surface area contributed by atoms with Crippen LogP contribution in [0.4, 0.5) is 4.39 Å². The van der Waals surface area contributed by atoms with Gasteiger partial charge in [-0.05, 0) is 33.8 Å². The highest BCUT2D eigenvalue weighted by atomic mass is 35.5. The first-order valence-corrected chi connectivity index (χ1v) is 7.22. The Hall–Kier alpha value is -1.95. The van der Waals surface area contributed by atoms with Gasteiger partial charge in [-0.15, -0.1) is 0 Å². The van der Waals surface area contributed by atoms with Crippen molar-refractivity contribution in [3.05, 3.63) is 39.0 Å². The molecule has 22 heavy (non-hydrogen) atoms. The van der Waals surface area contributed by atoms with E-state index < -0.39 is 17.2 Å². The third-order valence-electron chi connectivity index (χ3n) is 3.03. The average Bonchev–Trinajstić information content (AvgIpc) is 2.40. The first-order valence-electron chi connectivity index (χ1n) is 6.84. The second-order valence-electron chi connectivity index (χ2n) is 5.46. The van der Waals surface area contributed by atoms with Crippen LogP contribution in [0.3, 0.4) is 0 Å². The number of aromatic nitrogens is 2. The topological polar surface area (TPSA) is 61.2 Å². The highest BCUT2D eigenvalue weighted by Gasteiger charge is 2.20. The van der Waals surface area contributed by atoms with Gasteiger partial charge in [0.2, 0.25) is 5.43 Å². The van der Waals surface area contributed by atoms with E-state index in [0.717, 1.165) is 6.07 Å². The quantitative estimate of drug-likeness (QED) is 0.641. The number of rotatable bonds is 3. The predicted molar refractivity (Wildman–Crippen MR) is 81.9 cm³/mol. The summed E-state index contributed by atoms with van der Waals surface area (Å²) in [7, 11) is 0. The summed E-state index contributed by atoms with van der Waals surface area (Å²) in [6.45, 7) is 7.06. The molecule has 0 amide bonds. The molecule has 7 heteroatoms. The van der Waals surface area contributed by atoms with E-state index in [2.05, 4.69) is 4.98 Å². The van der Waals surface area contributed by atoms with Gasteiger partial charge in [-0.25, -0.2) is 14.2 Å². The normalized spacial score (nSPS) is 11.5. The second-order valence-corrected chi connectivity index (χ2v) is 5.82. The zero-order valence-electron chi connectivity index (χ0n) is 12.7. The zero-order valence-corrected chi connectivity index (χ0v) is 13.4. The molecular formula is C15H16ClFN2O3. The Bertz CT molecular complexity index is 799. The summed E-state index contributed by atoms with van der Waals surface area (Å²) in [4.78, 5) is 28.4. The lowest BCUT2D eigenvalue weighted by Gasteiger charge is -2.16. The maximum absolute atomic E-state index is 13.6. The smallest absolute Gasteiger partial charge is 0.343 e. The van der Waals surface area contributed by atoms with Gasteiger partial charge in [0.1, 0.15) is 11.2 Å². The summed E-state index contributed by atoms with van der Waals surface area (Å²) in [5.74, 6) is -1.55. The van der Waals surface area contributed by atoms with Crippen molar-refractivity contribution in [1.29, 1.82) is 0 Å². The molecular weight excluding hydrogens is 311 g/mol. The third-order valence-corrected chi connectivity index (χ3v) is 3.30.